The van der Waals surface area contributed by atoms with Gasteiger partial charge in [0.1, 0.15) is 5.75 Å². The minimum atomic E-state index is 0.545. The molecule has 0 saturated carbocycles. The Morgan fingerprint density at radius 1 is 1.33 bits per heavy atom. The maximum Gasteiger partial charge on any atom is 0.120 e. The molecule has 0 radical (unpaired) electrons. The second kappa shape index (κ2) is 5.61. The highest BCUT2D eigenvalue weighted by Crippen LogP contribution is 2.25. The molecule has 18 heavy (non-hydrogen) atoms. The third kappa shape index (κ3) is 2.96. The molecule has 1 heterocycles. The minimum Gasteiger partial charge on any atom is -0.497 e. The molecule has 1 N–H and O–H groups in total. The first-order valence-corrected chi connectivity index (χ1v) is 6.71. The van der Waals surface area contributed by atoms with Crippen molar-refractivity contribution in [3.8, 4) is 5.75 Å². The van der Waals surface area contributed by atoms with E-state index < -0.39 is 0 Å². The average molecular weight is 248 g/mol. The second-order valence-corrected chi connectivity index (χ2v) is 5.48. The Kier molecular flexibility index (Phi) is 4.12. The summed E-state index contributed by atoms with van der Waals surface area (Å²) in [6, 6.07) is 9.37. The molecule has 1 aliphatic rings. The van der Waals surface area contributed by atoms with Crippen LogP contribution in [0.1, 0.15) is 20.3 Å². The molecule has 3 unspecified atom stereocenters. The largest absolute Gasteiger partial charge is 0.497 e. The lowest BCUT2D eigenvalue weighted by molar-refractivity contribution is 0.145. The third-order valence-electron chi connectivity index (χ3n) is 4.03. The van der Waals surface area contributed by atoms with Crippen molar-refractivity contribution in [1.29, 1.82) is 0 Å². The van der Waals surface area contributed by atoms with E-state index in [1.54, 1.807) is 7.11 Å². The molecule has 3 atom stereocenters. The Morgan fingerprint density at radius 3 is 2.83 bits per heavy atom. The monoisotopic (exact) mass is 248 g/mol. The number of benzene rings is 1. The molecular weight excluding hydrogens is 224 g/mol. The number of hydrogen-bond acceptors (Lipinski definition) is 3. The van der Waals surface area contributed by atoms with Crippen molar-refractivity contribution >= 4 is 5.69 Å². The van der Waals surface area contributed by atoms with E-state index in [0.29, 0.717) is 18.0 Å². The Morgan fingerprint density at radius 2 is 2.11 bits per heavy atom. The van der Waals surface area contributed by atoms with Crippen LogP contribution in [0.3, 0.4) is 0 Å². The van der Waals surface area contributed by atoms with Crippen LogP contribution in [0.5, 0.6) is 5.75 Å². The smallest absolute Gasteiger partial charge is 0.120 e. The van der Waals surface area contributed by atoms with Gasteiger partial charge in [0.2, 0.25) is 0 Å². The number of nitrogens with zero attached hydrogens (tertiary/aromatic N) is 1. The summed E-state index contributed by atoms with van der Waals surface area (Å²) >= 11 is 0. The van der Waals surface area contributed by atoms with E-state index in [2.05, 4.69) is 43.2 Å². The fourth-order valence-electron chi connectivity index (χ4n) is 2.67. The van der Waals surface area contributed by atoms with Crippen LogP contribution in [0.25, 0.3) is 0 Å². The summed E-state index contributed by atoms with van der Waals surface area (Å²) in [5, 5.41) is 3.65. The highest BCUT2D eigenvalue weighted by atomic mass is 16.5. The van der Waals surface area contributed by atoms with E-state index in [9.17, 15) is 0 Å². The van der Waals surface area contributed by atoms with Crippen molar-refractivity contribution in [1.82, 2.24) is 4.90 Å². The summed E-state index contributed by atoms with van der Waals surface area (Å²) in [6.07, 6.45) is 1.19. The van der Waals surface area contributed by atoms with Gasteiger partial charge in [0.25, 0.3) is 0 Å². The molecule has 0 spiro atoms. The highest BCUT2D eigenvalue weighted by molar-refractivity contribution is 5.49. The number of hydrogen-bond donors (Lipinski definition) is 1. The molecule has 0 bridgehead atoms. The summed E-state index contributed by atoms with van der Waals surface area (Å²) < 4.78 is 5.26. The minimum absolute atomic E-state index is 0.545. The van der Waals surface area contributed by atoms with Gasteiger partial charge in [-0.3, -0.25) is 0 Å². The van der Waals surface area contributed by atoms with Crippen LogP contribution in [0, 0.1) is 5.92 Å². The Labute approximate surface area is 110 Å². The van der Waals surface area contributed by atoms with E-state index in [0.717, 1.165) is 18.0 Å². The molecule has 0 aliphatic carbocycles. The first kappa shape index (κ1) is 13.2. The number of anilines is 1. The molecule has 3 heteroatoms. The van der Waals surface area contributed by atoms with Crippen molar-refractivity contribution in [2.45, 2.75) is 32.4 Å². The molecule has 2 rings (SSSR count). The van der Waals surface area contributed by atoms with Gasteiger partial charge in [-0.1, -0.05) is 13.0 Å². The molecule has 0 aromatic heterocycles. The van der Waals surface area contributed by atoms with Crippen LogP contribution >= 0.6 is 0 Å². The number of nitrogens with one attached hydrogen (secondary N) is 1. The zero-order valence-corrected chi connectivity index (χ0v) is 11.8. The molecular formula is C15H24N2O. The molecule has 1 aliphatic heterocycles. The first-order valence-electron chi connectivity index (χ1n) is 6.71. The van der Waals surface area contributed by atoms with Crippen molar-refractivity contribution in [3.63, 3.8) is 0 Å². The topological polar surface area (TPSA) is 24.5 Å². The number of likely N-dealkylation sites (tertiary alicyclic amines) is 1. The van der Waals surface area contributed by atoms with Crippen LogP contribution in [0.15, 0.2) is 24.3 Å². The van der Waals surface area contributed by atoms with Crippen molar-refractivity contribution in [2.24, 2.45) is 5.92 Å². The maximum absolute atomic E-state index is 5.26. The maximum atomic E-state index is 5.26. The number of ether oxygens (including phenoxy) is 1. The average Bonchev–Trinajstić information content (AvgIpc) is 2.36. The van der Waals surface area contributed by atoms with Gasteiger partial charge >= 0.3 is 0 Å². The van der Waals surface area contributed by atoms with Crippen molar-refractivity contribution in [2.75, 3.05) is 26.0 Å². The van der Waals surface area contributed by atoms with E-state index in [-0.39, 0.29) is 0 Å². The Balaban J connectivity index is 2.03. The van der Waals surface area contributed by atoms with Crippen molar-refractivity contribution in [3.05, 3.63) is 24.3 Å². The molecule has 1 saturated heterocycles. The van der Waals surface area contributed by atoms with Gasteiger partial charge in [-0.25, -0.2) is 0 Å². The zero-order valence-electron chi connectivity index (χ0n) is 11.8. The predicted molar refractivity (Wildman–Crippen MR) is 76.3 cm³/mol. The summed E-state index contributed by atoms with van der Waals surface area (Å²) in [5.74, 6) is 1.58. The fourth-order valence-corrected chi connectivity index (χ4v) is 2.67. The van der Waals surface area contributed by atoms with Crippen molar-refractivity contribution < 1.29 is 4.74 Å². The van der Waals surface area contributed by atoms with E-state index >= 15 is 0 Å². The summed E-state index contributed by atoms with van der Waals surface area (Å²) in [7, 11) is 3.92. The summed E-state index contributed by atoms with van der Waals surface area (Å²) in [6.45, 7) is 5.77. The fraction of sp³-hybridized carbons (Fsp3) is 0.600. The Bertz CT molecular complexity index is 394. The summed E-state index contributed by atoms with van der Waals surface area (Å²) in [4.78, 5) is 2.44. The SMILES string of the molecule is COc1cccc(NC2CC(C)N(C)CC2C)c1. The Hall–Kier alpha value is -1.22. The van der Waals surface area contributed by atoms with Gasteiger partial charge < -0.3 is 15.0 Å². The van der Waals surface area contributed by atoms with Gasteiger partial charge in [0.15, 0.2) is 0 Å². The standard InChI is InChI=1S/C15H24N2O/c1-11-10-17(3)12(2)8-15(11)16-13-6-5-7-14(9-13)18-4/h5-7,9,11-12,15-16H,8,10H2,1-4H3. The second-order valence-electron chi connectivity index (χ2n) is 5.48. The van der Waals surface area contributed by atoms with E-state index in [1.807, 2.05) is 12.1 Å². The number of rotatable bonds is 3. The van der Waals surface area contributed by atoms with Gasteiger partial charge in [0.05, 0.1) is 7.11 Å². The lowest BCUT2D eigenvalue weighted by Gasteiger charge is -2.40. The highest BCUT2D eigenvalue weighted by Gasteiger charge is 2.28. The summed E-state index contributed by atoms with van der Waals surface area (Å²) in [5.41, 5.74) is 1.16. The first-order chi connectivity index (χ1) is 8.60. The van der Waals surface area contributed by atoms with Gasteiger partial charge in [-0.2, -0.15) is 0 Å². The lowest BCUT2D eigenvalue weighted by atomic mass is 9.89. The van der Waals surface area contributed by atoms with Crippen LogP contribution in [-0.2, 0) is 0 Å². The van der Waals surface area contributed by atoms with E-state index in [1.165, 1.54) is 6.42 Å². The van der Waals surface area contributed by atoms with Gasteiger partial charge in [-0.05, 0) is 38.4 Å². The van der Waals surface area contributed by atoms with Gasteiger partial charge in [0, 0.05) is 30.4 Å². The quantitative estimate of drug-likeness (QED) is 0.890. The normalized spacial score (nSPS) is 29.0. The molecule has 3 nitrogen and oxygen atoms in total. The predicted octanol–water partition coefficient (Wildman–Crippen LogP) is 2.84. The molecule has 1 aromatic carbocycles. The van der Waals surface area contributed by atoms with Crippen LogP contribution in [0.4, 0.5) is 5.69 Å². The molecule has 1 aromatic rings. The van der Waals surface area contributed by atoms with Crippen LogP contribution in [0.2, 0.25) is 0 Å². The lowest BCUT2D eigenvalue weighted by Crippen LogP contribution is -2.48. The van der Waals surface area contributed by atoms with Crippen LogP contribution < -0.4 is 10.1 Å². The zero-order chi connectivity index (χ0) is 13.1. The third-order valence-corrected chi connectivity index (χ3v) is 4.03. The molecule has 0 amide bonds. The molecule has 100 valence electrons. The van der Waals surface area contributed by atoms with Gasteiger partial charge in [-0.15, -0.1) is 0 Å². The van der Waals surface area contributed by atoms with E-state index in [4.69, 9.17) is 4.74 Å². The van der Waals surface area contributed by atoms with Crippen LogP contribution in [-0.4, -0.2) is 37.7 Å². The number of methoxy groups -OCH3 is 1. The molecule has 1 fully saturated rings. The number of piperidine rings is 1.